The van der Waals surface area contributed by atoms with Gasteiger partial charge in [-0.1, -0.05) is 12.8 Å². The minimum absolute atomic E-state index is 0.252. The molecule has 0 aromatic rings. The smallest absolute Gasteiger partial charge is 0.243 e. The van der Waals surface area contributed by atoms with E-state index in [0.29, 0.717) is 10.6 Å². The molecule has 1 N–H and O–H groups in total. The van der Waals surface area contributed by atoms with E-state index >= 15 is 0 Å². The van der Waals surface area contributed by atoms with E-state index in [-0.39, 0.29) is 5.91 Å². The fourth-order valence-corrected chi connectivity index (χ4v) is 3.57. The van der Waals surface area contributed by atoms with Crippen LogP contribution >= 0.6 is 11.8 Å². The fourth-order valence-electron chi connectivity index (χ4n) is 2.91. The molecule has 17 heavy (non-hydrogen) atoms. The third-order valence-corrected chi connectivity index (χ3v) is 4.43. The maximum atomic E-state index is 11.9. The number of nitriles is 2. The molecule has 2 aliphatic rings. The summed E-state index contributed by atoms with van der Waals surface area (Å²) in [5.41, 5.74) is 0.0816. The molecule has 88 valence electrons. The number of allylic oxidation sites excluding steroid dienone is 1. The van der Waals surface area contributed by atoms with E-state index in [9.17, 15) is 15.3 Å². The van der Waals surface area contributed by atoms with Gasteiger partial charge in [0.2, 0.25) is 5.91 Å². The Morgan fingerprint density at radius 2 is 2.06 bits per heavy atom. The number of hydrogen-bond donors (Lipinski definition) is 1. The van der Waals surface area contributed by atoms with Gasteiger partial charge in [-0.3, -0.25) is 4.79 Å². The van der Waals surface area contributed by atoms with Crippen molar-refractivity contribution in [3.63, 3.8) is 0 Å². The summed E-state index contributed by atoms with van der Waals surface area (Å²) in [6.45, 7) is 0. The zero-order valence-corrected chi connectivity index (χ0v) is 10.4. The van der Waals surface area contributed by atoms with Crippen LogP contribution in [0, 0.1) is 34.0 Å². The van der Waals surface area contributed by atoms with Crippen molar-refractivity contribution in [2.75, 3.05) is 6.26 Å². The molecule has 0 radical (unpaired) electrons. The van der Waals surface area contributed by atoms with E-state index in [1.807, 2.05) is 6.26 Å². The van der Waals surface area contributed by atoms with Crippen LogP contribution in [0.5, 0.6) is 0 Å². The van der Waals surface area contributed by atoms with Gasteiger partial charge < -0.3 is 5.32 Å². The molecule has 4 nitrogen and oxygen atoms in total. The van der Waals surface area contributed by atoms with Crippen LogP contribution in [0.25, 0.3) is 0 Å². The van der Waals surface area contributed by atoms with Crippen molar-refractivity contribution < 1.29 is 4.79 Å². The van der Waals surface area contributed by atoms with Gasteiger partial charge in [0.05, 0.1) is 22.7 Å². The van der Waals surface area contributed by atoms with Gasteiger partial charge in [-0.15, -0.1) is 11.8 Å². The van der Waals surface area contributed by atoms with Crippen molar-refractivity contribution in [3.05, 3.63) is 10.6 Å². The molecule has 1 spiro atoms. The standard InChI is InChI=1S/C12H13N3OS/c1-17-11-9(7-14)12(4-2-3-5-12)8(6-13)10(16)15-11/h8H,2-5H2,1H3,(H,15,16)/t8-/m1/s1. The molecule has 0 saturated heterocycles. The first-order valence-corrected chi connectivity index (χ1v) is 6.81. The normalized spacial score (nSPS) is 26.5. The second-order valence-corrected chi connectivity index (χ2v) is 5.25. The highest BCUT2D eigenvalue weighted by Crippen LogP contribution is 2.53. The van der Waals surface area contributed by atoms with Crippen molar-refractivity contribution in [1.29, 1.82) is 10.5 Å². The molecule has 1 aliphatic heterocycles. The zero-order chi connectivity index (χ0) is 12.5. The highest BCUT2D eigenvalue weighted by atomic mass is 32.2. The van der Waals surface area contributed by atoms with Crippen molar-refractivity contribution in [2.24, 2.45) is 11.3 Å². The van der Waals surface area contributed by atoms with Crippen LogP contribution in [0.2, 0.25) is 0 Å². The van der Waals surface area contributed by atoms with E-state index in [4.69, 9.17) is 0 Å². The van der Waals surface area contributed by atoms with Crippen LogP contribution in [0.3, 0.4) is 0 Å². The molecular weight excluding hydrogens is 234 g/mol. The number of hydrogen-bond acceptors (Lipinski definition) is 4. The van der Waals surface area contributed by atoms with Gasteiger partial charge in [0.1, 0.15) is 5.92 Å². The topological polar surface area (TPSA) is 76.7 Å². The number of nitrogens with zero attached hydrogens (tertiary/aromatic N) is 2. The quantitative estimate of drug-likeness (QED) is 0.768. The lowest BCUT2D eigenvalue weighted by molar-refractivity contribution is -0.126. The Balaban J connectivity index is 2.59. The molecule has 1 saturated carbocycles. The molecule has 1 fully saturated rings. The van der Waals surface area contributed by atoms with Gasteiger partial charge in [-0.25, -0.2) is 0 Å². The molecule has 0 aromatic carbocycles. The Kier molecular flexibility index (Phi) is 3.13. The van der Waals surface area contributed by atoms with E-state index in [1.54, 1.807) is 0 Å². The van der Waals surface area contributed by atoms with Gasteiger partial charge in [0.15, 0.2) is 0 Å². The highest BCUT2D eigenvalue weighted by Gasteiger charge is 2.52. The summed E-state index contributed by atoms with van der Waals surface area (Å²) >= 11 is 1.37. The Hall–Kier alpha value is -1.46. The third kappa shape index (κ3) is 1.62. The Morgan fingerprint density at radius 1 is 1.41 bits per heavy atom. The van der Waals surface area contributed by atoms with E-state index in [2.05, 4.69) is 17.5 Å². The molecule has 2 rings (SSSR count). The lowest BCUT2D eigenvalue weighted by Gasteiger charge is -2.37. The summed E-state index contributed by atoms with van der Waals surface area (Å²) in [5.74, 6) is -0.965. The van der Waals surface area contributed by atoms with Gasteiger partial charge in [0, 0.05) is 5.41 Å². The summed E-state index contributed by atoms with van der Waals surface area (Å²) in [7, 11) is 0. The summed E-state index contributed by atoms with van der Waals surface area (Å²) < 4.78 is 0. The monoisotopic (exact) mass is 247 g/mol. The van der Waals surface area contributed by atoms with E-state index in [0.717, 1.165) is 25.7 Å². The number of carbonyl (C=O) groups excluding carboxylic acids is 1. The van der Waals surface area contributed by atoms with Gasteiger partial charge >= 0.3 is 0 Å². The summed E-state index contributed by atoms with van der Waals surface area (Å²) in [6.07, 6.45) is 5.34. The minimum atomic E-state index is -0.712. The molecule has 0 bridgehead atoms. The minimum Gasteiger partial charge on any atom is -0.319 e. The SMILES string of the molecule is CSC1=C(C#N)C2(CCCC2)[C@H](C#N)C(=O)N1. The lowest BCUT2D eigenvalue weighted by atomic mass is 9.67. The molecule has 1 amide bonds. The van der Waals surface area contributed by atoms with E-state index in [1.165, 1.54) is 11.8 Å². The van der Waals surface area contributed by atoms with Crippen LogP contribution in [-0.2, 0) is 4.79 Å². The first-order valence-electron chi connectivity index (χ1n) is 5.59. The third-order valence-electron chi connectivity index (χ3n) is 3.72. The van der Waals surface area contributed by atoms with Crippen LogP contribution in [0.1, 0.15) is 25.7 Å². The van der Waals surface area contributed by atoms with E-state index < -0.39 is 11.3 Å². The Bertz CT molecular complexity index is 463. The lowest BCUT2D eigenvalue weighted by Crippen LogP contribution is -2.46. The second kappa shape index (κ2) is 4.43. The first-order chi connectivity index (χ1) is 8.19. The second-order valence-electron chi connectivity index (χ2n) is 4.43. The maximum Gasteiger partial charge on any atom is 0.243 e. The molecule has 5 heteroatoms. The summed E-state index contributed by atoms with van der Waals surface area (Å²) in [5, 5.41) is 21.9. The van der Waals surface area contributed by atoms with Crippen molar-refractivity contribution >= 4 is 17.7 Å². The van der Waals surface area contributed by atoms with Crippen LogP contribution < -0.4 is 5.32 Å². The van der Waals surface area contributed by atoms with Gasteiger partial charge in [-0.05, 0) is 19.1 Å². The highest BCUT2D eigenvalue weighted by molar-refractivity contribution is 8.02. The van der Waals surface area contributed by atoms with Crippen molar-refractivity contribution in [1.82, 2.24) is 5.32 Å². The van der Waals surface area contributed by atoms with Crippen molar-refractivity contribution in [2.45, 2.75) is 25.7 Å². The van der Waals surface area contributed by atoms with Crippen molar-refractivity contribution in [3.8, 4) is 12.1 Å². The van der Waals surface area contributed by atoms with Gasteiger partial charge in [0.25, 0.3) is 0 Å². The first kappa shape index (κ1) is 12.0. The molecule has 0 aromatic heterocycles. The number of nitrogens with one attached hydrogen (secondary N) is 1. The van der Waals surface area contributed by atoms with Crippen LogP contribution in [0.4, 0.5) is 0 Å². The molecule has 1 aliphatic carbocycles. The molecule has 0 unspecified atom stereocenters. The summed E-state index contributed by atoms with van der Waals surface area (Å²) in [6, 6.07) is 4.30. The zero-order valence-electron chi connectivity index (χ0n) is 9.62. The average molecular weight is 247 g/mol. The fraction of sp³-hybridized carbons (Fsp3) is 0.583. The number of rotatable bonds is 1. The Morgan fingerprint density at radius 3 is 2.53 bits per heavy atom. The van der Waals surface area contributed by atoms with Crippen LogP contribution in [0.15, 0.2) is 10.6 Å². The summed E-state index contributed by atoms with van der Waals surface area (Å²) in [4.78, 5) is 11.9. The predicted molar refractivity (Wildman–Crippen MR) is 64.3 cm³/mol. The number of carbonyl (C=O) groups is 1. The number of thioether (sulfide) groups is 1. The molecule has 1 atom stereocenters. The number of amides is 1. The molecule has 1 heterocycles. The van der Waals surface area contributed by atoms with Gasteiger partial charge in [-0.2, -0.15) is 10.5 Å². The van der Waals surface area contributed by atoms with Crippen LogP contribution in [-0.4, -0.2) is 12.2 Å². The molecular formula is C12H13N3OS. The largest absolute Gasteiger partial charge is 0.319 e. The predicted octanol–water partition coefficient (Wildman–Crippen LogP) is 1.91. The maximum absolute atomic E-state index is 11.9. The Labute approximate surface area is 105 Å². The average Bonchev–Trinajstić information content (AvgIpc) is 2.78.